The summed E-state index contributed by atoms with van der Waals surface area (Å²) < 4.78 is 30.1. The quantitative estimate of drug-likeness (QED) is 0.666. The third-order valence-corrected chi connectivity index (χ3v) is 7.82. The fourth-order valence-electron chi connectivity index (χ4n) is 3.35. The van der Waals surface area contributed by atoms with Crippen LogP contribution in [0.4, 0.5) is 5.00 Å². The second kappa shape index (κ2) is 9.09. The monoisotopic (exact) mass is 435 g/mol. The number of ether oxygens (including phenoxy) is 1. The van der Waals surface area contributed by atoms with Crippen molar-refractivity contribution in [3.63, 3.8) is 0 Å². The van der Waals surface area contributed by atoms with Crippen LogP contribution in [0.2, 0.25) is 0 Å². The van der Waals surface area contributed by atoms with Crippen molar-refractivity contribution in [2.24, 2.45) is 0 Å². The van der Waals surface area contributed by atoms with Crippen molar-refractivity contribution in [2.45, 2.75) is 50.8 Å². The van der Waals surface area contributed by atoms with Gasteiger partial charge in [-0.25, -0.2) is 13.2 Å². The first kappa shape index (κ1) is 21.5. The summed E-state index contributed by atoms with van der Waals surface area (Å²) in [6.07, 6.45) is 3.54. The smallest absolute Gasteiger partial charge is 0.341 e. The number of carbonyl (C=O) groups is 2. The average Bonchev–Trinajstić information content (AvgIpc) is 3.05. The summed E-state index contributed by atoms with van der Waals surface area (Å²) in [4.78, 5) is 26.2. The van der Waals surface area contributed by atoms with Gasteiger partial charge < -0.3 is 10.1 Å². The fourth-order valence-corrected chi connectivity index (χ4v) is 5.89. The molecule has 29 heavy (non-hydrogen) atoms. The first-order chi connectivity index (χ1) is 13.8. The van der Waals surface area contributed by atoms with Crippen LogP contribution in [0, 0.1) is 6.92 Å². The van der Waals surface area contributed by atoms with Gasteiger partial charge in [0.15, 0.2) is 9.84 Å². The number of nitrogens with one attached hydrogen (secondary N) is 1. The molecule has 3 rings (SSSR count). The van der Waals surface area contributed by atoms with Crippen LogP contribution < -0.4 is 5.32 Å². The van der Waals surface area contributed by atoms with Crippen LogP contribution in [0.3, 0.4) is 0 Å². The van der Waals surface area contributed by atoms with E-state index in [1.54, 1.807) is 31.2 Å². The number of anilines is 1. The molecule has 0 saturated carbocycles. The topological polar surface area (TPSA) is 89.5 Å². The molecule has 0 atom stereocenters. The van der Waals surface area contributed by atoms with E-state index in [-0.39, 0.29) is 23.7 Å². The maximum Gasteiger partial charge on any atom is 0.341 e. The van der Waals surface area contributed by atoms with Crippen molar-refractivity contribution >= 4 is 38.1 Å². The molecule has 0 saturated heterocycles. The third kappa shape index (κ3) is 5.05. The van der Waals surface area contributed by atoms with Gasteiger partial charge >= 0.3 is 5.97 Å². The van der Waals surface area contributed by atoms with E-state index in [0.29, 0.717) is 10.6 Å². The lowest BCUT2D eigenvalue weighted by Gasteiger charge is -2.12. The Bertz CT molecular complexity index is 1010. The summed E-state index contributed by atoms with van der Waals surface area (Å²) in [7, 11) is -3.55. The standard InChI is InChI=1S/C21H25NO5S2/c1-3-27-21(24)19-16-6-4-5-7-17(16)28-20(19)22-18(23)12-13-29(25,26)15-10-8-14(2)9-11-15/h8-11H,3-7,12-13H2,1-2H3,(H,22,23). The first-order valence-electron chi connectivity index (χ1n) is 9.72. The second-order valence-corrected chi connectivity index (χ2v) is 10.3. The predicted molar refractivity (Wildman–Crippen MR) is 113 cm³/mol. The molecule has 0 aliphatic heterocycles. The van der Waals surface area contributed by atoms with E-state index in [9.17, 15) is 18.0 Å². The van der Waals surface area contributed by atoms with Gasteiger partial charge in [0.1, 0.15) is 5.00 Å². The Hall–Kier alpha value is -2.19. The van der Waals surface area contributed by atoms with Crippen LogP contribution in [0.1, 0.15) is 52.5 Å². The largest absolute Gasteiger partial charge is 0.462 e. The van der Waals surface area contributed by atoms with Crippen molar-refractivity contribution in [2.75, 3.05) is 17.7 Å². The number of amides is 1. The second-order valence-electron chi connectivity index (χ2n) is 7.07. The van der Waals surface area contributed by atoms with Crippen molar-refractivity contribution in [3.8, 4) is 0 Å². The van der Waals surface area contributed by atoms with Gasteiger partial charge in [0.05, 0.1) is 22.8 Å². The summed E-state index contributed by atoms with van der Waals surface area (Å²) in [5.41, 5.74) is 2.36. The molecular weight excluding hydrogens is 410 g/mol. The van der Waals surface area contributed by atoms with E-state index in [1.165, 1.54) is 11.3 Å². The van der Waals surface area contributed by atoms with Gasteiger partial charge in [-0.05, 0) is 57.2 Å². The van der Waals surface area contributed by atoms with Crippen molar-refractivity contribution in [1.82, 2.24) is 0 Å². The van der Waals surface area contributed by atoms with Gasteiger partial charge in [0.2, 0.25) is 5.91 Å². The van der Waals surface area contributed by atoms with Gasteiger partial charge in [-0.3, -0.25) is 4.79 Å². The molecule has 1 heterocycles. The number of hydrogen-bond acceptors (Lipinski definition) is 6. The maximum absolute atomic E-state index is 12.5. The Morgan fingerprint density at radius 3 is 2.52 bits per heavy atom. The highest BCUT2D eigenvalue weighted by atomic mass is 32.2. The summed E-state index contributed by atoms with van der Waals surface area (Å²) in [6.45, 7) is 3.88. The van der Waals surface area contributed by atoms with Gasteiger partial charge in [0.25, 0.3) is 0 Å². The van der Waals surface area contributed by atoms with E-state index >= 15 is 0 Å². The molecule has 1 amide bonds. The van der Waals surface area contributed by atoms with Crippen molar-refractivity contribution < 1.29 is 22.7 Å². The lowest BCUT2D eigenvalue weighted by atomic mass is 9.95. The molecule has 1 aliphatic carbocycles. The minimum atomic E-state index is -3.55. The minimum absolute atomic E-state index is 0.180. The van der Waals surface area contributed by atoms with Gasteiger partial charge in [-0.15, -0.1) is 11.3 Å². The predicted octanol–water partition coefficient (Wildman–Crippen LogP) is 3.91. The Morgan fingerprint density at radius 2 is 1.83 bits per heavy atom. The number of hydrogen-bond donors (Lipinski definition) is 1. The molecule has 8 heteroatoms. The number of sulfone groups is 1. The summed E-state index contributed by atoms with van der Waals surface area (Å²) in [5, 5.41) is 3.22. The molecule has 156 valence electrons. The zero-order chi connectivity index (χ0) is 21.0. The zero-order valence-electron chi connectivity index (χ0n) is 16.6. The summed E-state index contributed by atoms with van der Waals surface area (Å²) in [6, 6.07) is 6.56. The van der Waals surface area contributed by atoms with Crippen molar-refractivity contribution in [1.29, 1.82) is 0 Å². The Kier molecular flexibility index (Phi) is 6.74. The molecule has 0 spiro atoms. The fraction of sp³-hybridized carbons (Fsp3) is 0.429. The molecule has 2 aromatic rings. The number of thiophene rings is 1. The van der Waals surface area contributed by atoms with Gasteiger partial charge in [-0.2, -0.15) is 0 Å². The number of aryl methyl sites for hydroxylation is 2. The molecule has 0 bridgehead atoms. The molecular formula is C21H25NO5S2. The molecule has 1 aromatic heterocycles. The molecule has 1 aliphatic rings. The van der Waals surface area contributed by atoms with Gasteiger partial charge in [0, 0.05) is 11.3 Å². The maximum atomic E-state index is 12.5. The first-order valence-corrected chi connectivity index (χ1v) is 12.2. The molecule has 1 N–H and O–H groups in total. The van der Waals surface area contributed by atoms with E-state index in [4.69, 9.17) is 4.74 Å². The highest BCUT2D eigenvalue weighted by Gasteiger charge is 2.27. The number of benzene rings is 1. The van der Waals surface area contributed by atoms with Crippen LogP contribution >= 0.6 is 11.3 Å². The van der Waals surface area contributed by atoms with E-state index in [1.807, 2.05) is 6.92 Å². The Balaban J connectivity index is 1.73. The van der Waals surface area contributed by atoms with Crippen LogP contribution in [-0.4, -0.2) is 32.7 Å². The van der Waals surface area contributed by atoms with Crippen LogP contribution in [0.15, 0.2) is 29.2 Å². The molecule has 0 fully saturated rings. The average molecular weight is 436 g/mol. The number of rotatable bonds is 7. The van der Waals surface area contributed by atoms with Crippen LogP contribution in [0.5, 0.6) is 0 Å². The van der Waals surface area contributed by atoms with E-state index in [0.717, 1.165) is 41.7 Å². The molecule has 6 nitrogen and oxygen atoms in total. The number of carbonyl (C=O) groups excluding carboxylic acids is 2. The van der Waals surface area contributed by atoms with E-state index in [2.05, 4.69) is 5.32 Å². The number of esters is 1. The number of fused-ring (bicyclic) bond motifs is 1. The summed E-state index contributed by atoms with van der Waals surface area (Å²) >= 11 is 1.39. The van der Waals surface area contributed by atoms with Crippen LogP contribution in [-0.2, 0) is 32.2 Å². The molecule has 0 unspecified atom stereocenters. The third-order valence-electron chi connectivity index (χ3n) is 4.88. The lowest BCUT2D eigenvalue weighted by molar-refractivity contribution is -0.115. The normalized spacial score (nSPS) is 13.6. The molecule has 0 radical (unpaired) electrons. The zero-order valence-corrected chi connectivity index (χ0v) is 18.2. The minimum Gasteiger partial charge on any atom is -0.462 e. The Labute approximate surface area is 175 Å². The molecule has 1 aromatic carbocycles. The highest BCUT2D eigenvalue weighted by molar-refractivity contribution is 7.91. The highest BCUT2D eigenvalue weighted by Crippen LogP contribution is 2.38. The van der Waals surface area contributed by atoms with Gasteiger partial charge in [-0.1, -0.05) is 17.7 Å². The SMILES string of the molecule is CCOC(=O)c1c(NC(=O)CCS(=O)(=O)c2ccc(C)cc2)sc2c1CCCC2. The summed E-state index contributed by atoms with van der Waals surface area (Å²) in [5.74, 6) is -1.15. The lowest BCUT2D eigenvalue weighted by Crippen LogP contribution is -2.19. The van der Waals surface area contributed by atoms with Crippen molar-refractivity contribution in [3.05, 3.63) is 45.8 Å². The Morgan fingerprint density at radius 1 is 1.14 bits per heavy atom. The van der Waals surface area contributed by atoms with E-state index < -0.39 is 21.7 Å². The van der Waals surface area contributed by atoms with Crippen LogP contribution in [0.25, 0.3) is 0 Å².